The minimum atomic E-state index is -0.122. The van der Waals surface area contributed by atoms with Crippen LogP contribution in [0.4, 0.5) is 5.69 Å². The van der Waals surface area contributed by atoms with E-state index in [2.05, 4.69) is 15.8 Å². The highest BCUT2D eigenvalue weighted by Gasteiger charge is 2.15. The second kappa shape index (κ2) is 5.57. The van der Waals surface area contributed by atoms with E-state index in [0.717, 1.165) is 28.3 Å². The zero-order chi connectivity index (χ0) is 14.8. The molecule has 110 valence electrons. The number of carbonyl (C=O) groups excluding carboxylic acids is 1. The molecule has 3 rings (SSSR count). The fourth-order valence-electron chi connectivity index (χ4n) is 2.33. The summed E-state index contributed by atoms with van der Waals surface area (Å²) in [4.78, 5) is 11.3. The lowest BCUT2D eigenvalue weighted by atomic mass is 10.1. The third kappa shape index (κ3) is 2.90. The average Bonchev–Trinajstić information content (AvgIpc) is 2.78. The molecule has 1 amide bonds. The van der Waals surface area contributed by atoms with Crippen molar-refractivity contribution in [3.8, 4) is 5.75 Å². The molecule has 0 radical (unpaired) electrons. The highest BCUT2D eigenvalue weighted by atomic mass is 16.5. The molecule has 2 heterocycles. The smallest absolute Gasteiger partial charge is 0.262 e. The lowest BCUT2D eigenvalue weighted by molar-refractivity contribution is -0.118. The van der Waals surface area contributed by atoms with Crippen LogP contribution < -0.4 is 15.4 Å². The first kappa shape index (κ1) is 13.6. The summed E-state index contributed by atoms with van der Waals surface area (Å²) in [6, 6.07) is 5.78. The van der Waals surface area contributed by atoms with Crippen molar-refractivity contribution in [2.45, 2.75) is 26.9 Å². The number of anilines is 1. The van der Waals surface area contributed by atoms with Crippen molar-refractivity contribution < 1.29 is 14.1 Å². The van der Waals surface area contributed by atoms with Crippen LogP contribution >= 0.6 is 0 Å². The van der Waals surface area contributed by atoms with E-state index in [0.29, 0.717) is 18.8 Å². The van der Waals surface area contributed by atoms with Gasteiger partial charge in [0.25, 0.3) is 5.91 Å². The normalized spacial score (nSPS) is 13.5. The van der Waals surface area contributed by atoms with Gasteiger partial charge in [0.15, 0.2) is 6.61 Å². The van der Waals surface area contributed by atoms with Crippen molar-refractivity contribution in [1.29, 1.82) is 0 Å². The summed E-state index contributed by atoms with van der Waals surface area (Å²) in [7, 11) is 0. The zero-order valence-corrected chi connectivity index (χ0v) is 12.0. The van der Waals surface area contributed by atoms with Gasteiger partial charge in [0, 0.05) is 18.7 Å². The fourth-order valence-corrected chi connectivity index (χ4v) is 2.33. The summed E-state index contributed by atoms with van der Waals surface area (Å²) in [5, 5.41) is 10.1. The first-order chi connectivity index (χ1) is 10.1. The second-order valence-corrected chi connectivity index (χ2v) is 5.07. The molecule has 2 aromatic rings. The second-order valence-electron chi connectivity index (χ2n) is 5.07. The number of aromatic nitrogens is 1. The lowest BCUT2D eigenvalue weighted by Crippen LogP contribution is -2.25. The molecular formula is C15H17N3O3. The molecule has 2 N–H and O–H groups in total. The summed E-state index contributed by atoms with van der Waals surface area (Å²) in [6.07, 6.45) is 0. The van der Waals surface area contributed by atoms with E-state index in [9.17, 15) is 4.79 Å². The molecule has 0 saturated carbocycles. The summed E-state index contributed by atoms with van der Waals surface area (Å²) >= 11 is 0. The summed E-state index contributed by atoms with van der Waals surface area (Å²) in [5.41, 5.74) is 3.80. The zero-order valence-electron chi connectivity index (χ0n) is 12.0. The van der Waals surface area contributed by atoms with Crippen molar-refractivity contribution in [2.75, 3.05) is 11.9 Å². The van der Waals surface area contributed by atoms with Crippen LogP contribution in [0.3, 0.4) is 0 Å². The molecule has 0 bridgehead atoms. The molecule has 0 unspecified atom stereocenters. The molecule has 0 aliphatic carbocycles. The summed E-state index contributed by atoms with van der Waals surface area (Å²) in [6.45, 7) is 5.30. The number of amides is 1. The Morgan fingerprint density at radius 3 is 2.95 bits per heavy atom. The Morgan fingerprint density at radius 2 is 2.19 bits per heavy atom. The lowest BCUT2D eigenvalue weighted by Gasteiger charge is -2.18. The standard InChI is InChI=1S/C15H17N3O3/c1-9-12(10(2)21-18-9)7-16-6-11-3-4-14-13(5-11)17-15(19)8-20-14/h3-5,16H,6-8H2,1-2H3,(H,17,19). The van der Waals surface area contributed by atoms with E-state index in [1.54, 1.807) is 0 Å². The first-order valence-corrected chi connectivity index (χ1v) is 6.81. The molecule has 1 aliphatic rings. The molecule has 0 spiro atoms. The van der Waals surface area contributed by atoms with E-state index in [-0.39, 0.29) is 12.5 Å². The van der Waals surface area contributed by atoms with Crippen LogP contribution in [-0.2, 0) is 17.9 Å². The third-order valence-corrected chi connectivity index (χ3v) is 3.49. The Labute approximate surface area is 122 Å². The van der Waals surface area contributed by atoms with Gasteiger partial charge in [-0.15, -0.1) is 0 Å². The number of ether oxygens (including phenoxy) is 1. The predicted molar refractivity (Wildman–Crippen MR) is 77.1 cm³/mol. The SMILES string of the molecule is Cc1noc(C)c1CNCc1ccc2c(c1)NC(=O)CO2. The van der Waals surface area contributed by atoms with Crippen LogP contribution in [0.2, 0.25) is 0 Å². The minimum absolute atomic E-state index is 0.0800. The van der Waals surface area contributed by atoms with Crippen LogP contribution in [0.1, 0.15) is 22.6 Å². The number of rotatable bonds is 4. The molecule has 6 heteroatoms. The number of hydrogen-bond acceptors (Lipinski definition) is 5. The fraction of sp³-hybridized carbons (Fsp3) is 0.333. The van der Waals surface area contributed by atoms with E-state index in [4.69, 9.17) is 9.26 Å². The molecule has 0 atom stereocenters. The molecule has 1 aromatic heterocycles. The number of aryl methyl sites for hydroxylation is 2. The van der Waals surface area contributed by atoms with E-state index in [1.165, 1.54) is 0 Å². The highest BCUT2D eigenvalue weighted by Crippen LogP contribution is 2.28. The number of nitrogens with one attached hydrogen (secondary N) is 2. The van der Waals surface area contributed by atoms with Crippen molar-refractivity contribution in [3.63, 3.8) is 0 Å². The average molecular weight is 287 g/mol. The van der Waals surface area contributed by atoms with Gasteiger partial charge in [-0.1, -0.05) is 11.2 Å². The molecule has 1 aromatic carbocycles. The predicted octanol–water partition coefficient (Wildman–Crippen LogP) is 1.91. The Balaban J connectivity index is 1.63. The van der Waals surface area contributed by atoms with Crippen molar-refractivity contribution in [2.24, 2.45) is 0 Å². The van der Waals surface area contributed by atoms with E-state index >= 15 is 0 Å². The molecular weight excluding hydrogens is 270 g/mol. The van der Waals surface area contributed by atoms with Gasteiger partial charge in [0.2, 0.25) is 0 Å². The highest BCUT2D eigenvalue weighted by molar-refractivity contribution is 5.95. The monoisotopic (exact) mass is 287 g/mol. The third-order valence-electron chi connectivity index (χ3n) is 3.49. The van der Waals surface area contributed by atoms with Crippen LogP contribution in [0.25, 0.3) is 0 Å². The molecule has 0 saturated heterocycles. The largest absolute Gasteiger partial charge is 0.482 e. The topological polar surface area (TPSA) is 76.4 Å². The van der Waals surface area contributed by atoms with E-state index < -0.39 is 0 Å². The maximum absolute atomic E-state index is 11.3. The molecule has 0 fully saturated rings. The number of fused-ring (bicyclic) bond motifs is 1. The van der Waals surface area contributed by atoms with Gasteiger partial charge < -0.3 is 19.9 Å². The van der Waals surface area contributed by atoms with Gasteiger partial charge in [0.1, 0.15) is 11.5 Å². The number of hydrogen-bond donors (Lipinski definition) is 2. The van der Waals surface area contributed by atoms with Gasteiger partial charge in [0.05, 0.1) is 11.4 Å². The quantitative estimate of drug-likeness (QED) is 0.898. The van der Waals surface area contributed by atoms with Gasteiger partial charge >= 0.3 is 0 Å². The van der Waals surface area contributed by atoms with Crippen molar-refractivity contribution >= 4 is 11.6 Å². The Hall–Kier alpha value is -2.34. The maximum Gasteiger partial charge on any atom is 0.262 e. The number of benzene rings is 1. The first-order valence-electron chi connectivity index (χ1n) is 6.81. The minimum Gasteiger partial charge on any atom is -0.482 e. The Kier molecular flexibility index (Phi) is 3.62. The van der Waals surface area contributed by atoms with Gasteiger partial charge in [-0.2, -0.15) is 0 Å². The van der Waals surface area contributed by atoms with Crippen LogP contribution in [0.5, 0.6) is 5.75 Å². The molecule has 21 heavy (non-hydrogen) atoms. The summed E-state index contributed by atoms with van der Waals surface area (Å²) in [5.74, 6) is 1.43. The molecule has 1 aliphatic heterocycles. The molecule has 6 nitrogen and oxygen atoms in total. The summed E-state index contributed by atoms with van der Waals surface area (Å²) < 4.78 is 10.5. The van der Waals surface area contributed by atoms with Gasteiger partial charge in [-0.05, 0) is 31.5 Å². The number of carbonyl (C=O) groups is 1. The Morgan fingerprint density at radius 1 is 1.33 bits per heavy atom. The van der Waals surface area contributed by atoms with Crippen molar-refractivity contribution in [3.05, 3.63) is 40.8 Å². The van der Waals surface area contributed by atoms with Crippen LogP contribution in [-0.4, -0.2) is 17.7 Å². The van der Waals surface area contributed by atoms with E-state index in [1.807, 2.05) is 32.0 Å². The van der Waals surface area contributed by atoms with Crippen LogP contribution in [0, 0.1) is 13.8 Å². The van der Waals surface area contributed by atoms with Crippen LogP contribution in [0.15, 0.2) is 22.7 Å². The van der Waals surface area contributed by atoms with Gasteiger partial charge in [-0.3, -0.25) is 4.79 Å². The number of nitrogens with zero attached hydrogens (tertiary/aromatic N) is 1. The maximum atomic E-state index is 11.3. The van der Waals surface area contributed by atoms with Gasteiger partial charge in [-0.25, -0.2) is 0 Å². The Bertz CT molecular complexity index is 659. The van der Waals surface area contributed by atoms with Crippen molar-refractivity contribution in [1.82, 2.24) is 10.5 Å².